The Bertz CT molecular complexity index is 809. The fraction of sp³-hybridized carbons (Fsp3) is 0.211. The first-order chi connectivity index (χ1) is 12.3. The number of ketones is 1. The number of Topliss-reactive ketones (excluding diaryl/α,β-unsaturated/α-hetero) is 1. The molecular weight excluding hydrogens is 450 g/mol. The Morgan fingerprint density at radius 3 is 2.42 bits per heavy atom. The van der Waals surface area contributed by atoms with Crippen molar-refractivity contribution in [2.75, 3.05) is 18.9 Å². The van der Waals surface area contributed by atoms with Crippen molar-refractivity contribution in [2.24, 2.45) is 0 Å². The Morgan fingerprint density at radius 1 is 1.08 bits per heavy atom. The number of hydrogen-bond donors (Lipinski definition) is 1. The number of hydrogen-bond acceptors (Lipinski definition) is 3. The smallest absolute Gasteiger partial charge is 0.243 e. The van der Waals surface area contributed by atoms with Gasteiger partial charge in [-0.25, -0.2) is 4.39 Å². The monoisotopic (exact) mass is 468 g/mol. The number of nitrogens with zero attached hydrogens (tertiary/aromatic N) is 1. The van der Waals surface area contributed by atoms with Gasteiger partial charge in [0.2, 0.25) is 11.8 Å². The largest absolute Gasteiger partial charge is 0.336 e. The molecule has 0 saturated heterocycles. The van der Waals surface area contributed by atoms with E-state index < -0.39 is 11.7 Å². The van der Waals surface area contributed by atoms with E-state index in [1.807, 2.05) is 12.1 Å². The van der Waals surface area contributed by atoms with Gasteiger partial charge >= 0.3 is 0 Å². The van der Waals surface area contributed by atoms with Crippen LogP contribution >= 0.6 is 22.6 Å². The third-order valence-corrected chi connectivity index (χ3v) is 4.37. The van der Waals surface area contributed by atoms with Crippen LogP contribution in [0.25, 0.3) is 0 Å². The first-order valence-corrected chi connectivity index (χ1v) is 9.01. The van der Waals surface area contributed by atoms with Gasteiger partial charge in [0.05, 0.1) is 6.54 Å². The van der Waals surface area contributed by atoms with Crippen LogP contribution in [0.2, 0.25) is 0 Å². The number of anilines is 1. The highest BCUT2D eigenvalue weighted by molar-refractivity contribution is 14.1. The summed E-state index contributed by atoms with van der Waals surface area (Å²) in [6, 6.07) is 12.6. The Labute approximate surface area is 164 Å². The molecule has 0 fully saturated rings. The predicted molar refractivity (Wildman–Crippen MR) is 105 cm³/mol. The third-order valence-electron chi connectivity index (χ3n) is 3.65. The minimum Gasteiger partial charge on any atom is -0.336 e. The quantitative estimate of drug-likeness (QED) is 0.500. The number of carbonyl (C=O) groups is 3. The number of amides is 2. The first-order valence-electron chi connectivity index (χ1n) is 7.93. The zero-order valence-corrected chi connectivity index (χ0v) is 16.3. The average Bonchev–Trinajstić information content (AvgIpc) is 2.59. The van der Waals surface area contributed by atoms with Gasteiger partial charge in [0, 0.05) is 34.7 Å². The lowest BCUT2D eigenvalue weighted by atomic mass is 10.1. The van der Waals surface area contributed by atoms with Crippen LogP contribution in [-0.4, -0.2) is 36.1 Å². The molecule has 2 aromatic rings. The van der Waals surface area contributed by atoms with E-state index in [1.165, 1.54) is 30.1 Å². The zero-order valence-electron chi connectivity index (χ0n) is 14.2. The fourth-order valence-corrected chi connectivity index (χ4v) is 2.62. The van der Waals surface area contributed by atoms with Crippen molar-refractivity contribution in [3.63, 3.8) is 0 Å². The van der Waals surface area contributed by atoms with E-state index in [0.29, 0.717) is 11.3 Å². The van der Waals surface area contributed by atoms with Gasteiger partial charge in [-0.15, -0.1) is 0 Å². The lowest BCUT2D eigenvalue weighted by Gasteiger charge is -2.16. The topological polar surface area (TPSA) is 66.5 Å². The van der Waals surface area contributed by atoms with Crippen LogP contribution in [0.3, 0.4) is 0 Å². The van der Waals surface area contributed by atoms with Crippen molar-refractivity contribution < 1.29 is 18.8 Å². The van der Waals surface area contributed by atoms with Gasteiger partial charge in [0.25, 0.3) is 0 Å². The summed E-state index contributed by atoms with van der Waals surface area (Å²) in [6.07, 6.45) is 0.101. The van der Waals surface area contributed by atoms with Gasteiger partial charge in [0.1, 0.15) is 5.82 Å². The average molecular weight is 468 g/mol. The van der Waals surface area contributed by atoms with E-state index in [0.717, 1.165) is 3.57 Å². The van der Waals surface area contributed by atoms with Gasteiger partial charge in [-0.2, -0.15) is 0 Å². The van der Waals surface area contributed by atoms with E-state index in [-0.39, 0.29) is 31.1 Å². The highest BCUT2D eigenvalue weighted by Gasteiger charge is 2.15. The fourth-order valence-electron chi connectivity index (χ4n) is 2.26. The van der Waals surface area contributed by atoms with Gasteiger partial charge in [-0.1, -0.05) is 18.2 Å². The second kappa shape index (κ2) is 9.42. The van der Waals surface area contributed by atoms with E-state index >= 15 is 0 Å². The molecule has 5 nitrogen and oxygen atoms in total. The van der Waals surface area contributed by atoms with E-state index in [4.69, 9.17) is 0 Å². The molecule has 26 heavy (non-hydrogen) atoms. The molecule has 0 radical (unpaired) electrons. The van der Waals surface area contributed by atoms with E-state index in [9.17, 15) is 18.8 Å². The number of carbonyl (C=O) groups excluding carboxylic acids is 3. The molecule has 0 atom stereocenters. The van der Waals surface area contributed by atoms with Crippen molar-refractivity contribution in [3.8, 4) is 0 Å². The van der Waals surface area contributed by atoms with Gasteiger partial charge in [0.15, 0.2) is 5.78 Å². The van der Waals surface area contributed by atoms with Gasteiger partial charge in [-0.05, 0) is 52.9 Å². The molecule has 0 spiro atoms. The van der Waals surface area contributed by atoms with Crippen LogP contribution in [0.1, 0.15) is 23.2 Å². The molecule has 0 heterocycles. The van der Waals surface area contributed by atoms with Crippen LogP contribution in [0.5, 0.6) is 0 Å². The first kappa shape index (κ1) is 20.0. The molecule has 0 unspecified atom stereocenters. The van der Waals surface area contributed by atoms with Gasteiger partial charge < -0.3 is 10.2 Å². The maximum absolute atomic E-state index is 13.1. The Kier molecular flexibility index (Phi) is 7.26. The third kappa shape index (κ3) is 6.21. The van der Waals surface area contributed by atoms with Crippen molar-refractivity contribution >= 4 is 45.9 Å². The summed E-state index contributed by atoms with van der Waals surface area (Å²) in [5, 5.41) is 2.52. The number of nitrogens with one attached hydrogen (secondary N) is 1. The molecule has 0 saturated carbocycles. The molecule has 2 aromatic carbocycles. The number of likely N-dealkylation sites (N-methyl/N-ethyl adjacent to an activating group) is 1. The standard InChI is InChI=1S/C19H18FIN2O3/c1-23(12-18(25)22-16-4-2-3-14(20)11-16)19(26)10-9-17(24)13-5-7-15(21)8-6-13/h2-8,11H,9-10,12H2,1H3,(H,22,25). The summed E-state index contributed by atoms with van der Waals surface area (Å²) in [7, 11) is 1.49. The molecular formula is C19H18FIN2O3. The van der Waals surface area contributed by atoms with Gasteiger partial charge in [-0.3, -0.25) is 14.4 Å². The Balaban J connectivity index is 1.80. The lowest BCUT2D eigenvalue weighted by Crippen LogP contribution is -2.35. The minimum absolute atomic E-state index is 0.0224. The maximum Gasteiger partial charge on any atom is 0.243 e. The zero-order chi connectivity index (χ0) is 19.1. The molecule has 136 valence electrons. The predicted octanol–water partition coefficient (Wildman–Crippen LogP) is 3.49. The normalized spacial score (nSPS) is 10.3. The summed E-state index contributed by atoms with van der Waals surface area (Å²) >= 11 is 2.15. The summed E-state index contributed by atoms with van der Waals surface area (Å²) in [5.41, 5.74) is 0.884. The molecule has 0 aliphatic carbocycles. The Hall–Kier alpha value is -2.29. The van der Waals surface area contributed by atoms with E-state index in [1.54, 1.807) is 18.2 Å². The van der Waals surface area contributed by atoms with Crippen molar-refractivity contribution in [1.29, 1.82) is 0 Å². The van der Waals surface area contributed by atoms with Crippen LogP contribution in [0.15, 0.2) is 48.5 Å². The Morgan fingerprint density at radius 2 is 1.77 bits per heavy atom. The number of rotatable bonds is 7. The number of benzene rings is 2. The van der Waals surface area contributed by atoms with Crippen molar-refractivity contribution in [1.82, 2.24) is 4.90 Å². The van der Waals surface area contributed by atoms with Crippen LogP contribution < -0.4 is 5.32 Å². The summed E-state index contributed by atoms with van der Waals surface area (Å²) in [5.74, 6) is -1.32. The number of halogens is 2. The molecule has 2 rings (SSSR count). The molecule has 0 aromatic heterocycles. The minimum atomic E-state index is -0.457. The summed E-state index contributed by atoms with van der Waals surface area (Å²) < 4.78 is 14.1. The highest BCUT2D eigenvalue weighted by atomic mass is 127. The molecule has 0 aliphatic rings. The van der Waals surface area contributed by atoms with Crippen LogP contribution in [0, 0.1) is 9.39 Å². The molecule has 0 bridgehead atoms. The second-order valence-corrected chi connectivity index (χ2v) is 6.98. The lowest BCUT2D eigenvalue weighted by molar-refractivity contribution is -0.133. The molecule has 0 aliphatic heterocycles. The summed E-state index contributed by atoms with van der Waals surface area (Å²) in [4.78, 5) is 37.4. The van der Waals surface area contributed by atoms with Crippen molar-refractivity contribution in [2.45, 2.75) is 12.8 Å². The van der Waals surface area contributed by atoms with Crippen LogP contribution in [-0.2, 0) is 9.59 Å². The molecule has 2 amide bonds. The van der Waals surface area contributed by atoms with Crippen LogP contribution in [0.4, 0.5) is 10.1 Å². The maximum atomic E-state index is 13.1. The molecule has 1 N–H and O–H groups in total. The van der Waals surface area contributed by atoms with E-state index in [2.05, 4.69) is 27.9 Å². The summed E-state index contributed by atoms with van der Waals surface area (Å²) in [6.45, 7) is -0.174. The van der Waals surface area contributed by atoms with Crippen molar-refractivity contribution in [3.05, 3.63) is 63.5 Å². The SMILES string of the molecule is CN(CC(=O)Nc1cccc(F)c1)C(=O)CCC(=O)c1ccc(I)cc1. The molecule has 7 heteroatoms. The second-order valence-electron chi connectivity index (χ2n) is 5.74. The highest BCUT2D eigenvalue weighted by Crippen LogP contribution is 2.11.